The van der Waals surface area contributed by atoms with Gasteiger partial charge in [0.2, 0.25) is 0 Å². The molecule has 2 aromatic heterocycles. The average Bonchev–Trinajstić information content (AvgIpc) is 3.40. The zero-order valence-corrected chi connectivity index (χ0v) is 24.2. The zero-order valence-electron chi connectivity index (χ0n) is 23.4. The number of carbonyl (C=O) groups excluding carboxylic acids is 2. The Balaban J connectivity index is 1.41. The maximum absolute atomic E-state index is 13.1. The fourth-order valence-electron chi connectivity index (χ4n) is 4.79. The number of furan rings is 1. The van der Waals surface area contributed by atoms with Gasteiger partial charge in [0.25, 0.3) is 5.91 Å². The maximum Gasteiger partial charge on any atom is 0.310 e. The lowest BCUT2D eigenvalue weighted by Gasteiger charge is -2.35. The molecule has 9 nitrogen and oxygen atoms in total. The monoisotopic (exact) mass is 543 g/mol. The van der Waals surface area contributed by atoms with Gasteiger partial charge >= 0.3 is 5.97 Å². The Hall–Kier alpha value is -2.59. The van der Waals surface area contributed by atoms with E-state index in [0.717, 1.165) is 57.1 Å². The van der Waals surface area contributed by atoms with Crippen LogP contribution in [0.1, 0.15) is 69.5 Å². The number of thioether (sulfide) groups is 1. The van der Waals surface area contributed by atoms with Crippen LogP contribution in [-0.2, 0) is 20.7 Å². The topological polar surface area (TPSA) is 92.0 Å². The maximum atomic E-state index is 13.1. The number of ether oxygens (including phenoxy) is 1. The van der Waals surface area contributed by atoms with E-state index in [4.69, 9.17) is 19.1 Å². The molecule has 4 heterocycles. The number of hydrogen-bond donors (Lipinski definition) is 0. The van der Waals surface area contributed by atoms with E-state index in [2.05, 4.69) is 43.6 Å². The van der Waals surface area contributed by atoms with E-state index in [0.29, 0.717) is 42.1 Å². The van der Waals surface area contributed by atoms with Crippen LogP contribution in [0.2, 0.25) is 0 Å². The van der Waals surface area contributed by atoms with E-state index in [-0.39, 0.29) is 23.2 Å². The Bertz CT molecular complexity index is 1110. The summed E-state index contributed by atoms with van der Waals surface area (Å²) in [6.45, 7) is 16.9. The third-order valence-electron chi connectivity index (χ3n) is 7.15. The molecule has 2 aromatic rings. The molecule has 0 saturated carbocycles. The number of likely N-dealkylation sites (N-methyl/N-ethyl adjacent to an activating group) is 1. The lowest BCUT2D eigenvalue weighted by atomic mass is 9.92. The molecular formula is C28H41N5O4S. The molecule has 2 aliphatic heterocycles. The third kappa shape index (κ3) is 7.08. The summed E-state index contributed by atoms with van der Waals surface area (Å²) in [7, 11) is 0. The summed E-state index contributed by atoms with van der Waals surface area (Å²) >= 11 is 1.52. The molecule has 0 spiro atoms. The Labute approximate surface area is 230 Å². The van der Waals surface area contributed by atoms with Gasteiger partial charge in [-0.05, 0) is 38.4 Å². The molecule has 0 aliphatic carbocycles. The first-order chi connectivity index (χ1) is 18.2. The molecule has 10 heteroatoms. The largest absolute Gasteiger partial charge is 0.466 e. The minimum Gasteiger partial charge on any atom is -0.466 e. The number of esters is 1. The predicted octanol–water partition coefficient (Wildman–Crippen LogP) is 4.22. The second-order valence-electron chi connectivity index (χ2n) is 11.0. The van der Waals surface area contributed by atoms with E-state index in [1.54, 1.807) is 17.9 Å². The van der Waals surface area contributed by atoms with Crippen molar-refractivity contribution in [1.29, 1.82) is 0 Å². The van der Waals surface area contributed by atoms with Crippen molar-refractivity contribution in [3.05, 3.63) is 35.4 Å². The van der Waals surface area contributed by atoms with E-state index in [1.165, 1.54) is 11.8 Å². The number of nitrogens with zero attached hydrogens (tertiary/aromatic N) is 5. The molecule has 2 fully saturated rings. The first kappa shape index (κ1) is 28.4. The van der Waals surface area contributed by atoms with Gasteiger partial charge in [-0.15, -0.1) is 0 Å². The molecule has 0 aromatic carbocycles. The van der Waals surface area contributed by atoms with Gasteiger partial charge in [-0.2, -0.15) is 0 Å². The third-order valence-corrected chi connectivity index (χ3v) is 8.02. The van der Waals surface area contributed by atoms with Crippen molar-refractivity contribution >= 4 is 29.5 Å². The summed E-state index contributed by atoms with van der Waals surface area (Å²) in [5, 5.41) is 0.711. The van der Waals surface area contributed by atoms with Crippen LogP contribution in [-0.4, -0.2) is 84.1 Å². The van der Waals surface area contributed by atoms with Gasteiger partial charge in [-0.1, -0.05) is 39.5 Å². The highest BCUT2D eigenvalue weighted by molar-refractivity contribution is 7.98. The first-order valence-electron chi connectivity index (χ1n) is 13.7. The van der Waals surface area contributed by atoms with Gasteiger partial charge in [0, 0.05) is 50.7 Å². The Morgan fingerprint density at radius 1 is 1.11 bits per heavy atom. The minimum atomic E-state index is -0.274. The molecule has 1 unspecified atom stereocenters. The number of rotatable bonds is 8. The second kappa shape index (κ2) is 12.5. The summed E-state index contributed by atoms with van der Waals surface area (Å²) in [6, 6.07) is 5.68. The van der Waals surface area contributed by atoms with E-state index in [9.17, 15) is 9.59 Å². The molecule has 0 bridgehead atoms. The molecule has 2 aliphatic rings. The lowest BCUT2D eigenvalue weighted by molar-refractivity contribution is -0.149. The number of piperazine rings is 1. The second-order valence-corrected chi connectivity index (χ2v) is 11.9. The smallest absolute Gasteiger partial charge is 0.310 e. The van der Waals surface area contributed by atoms with E-state index in [1.807, 2.05) is 6.07 Å². The van der Waals surface area contributed by atoms with Gasteiger partial charge in [-0.3, -0.25) is 9.59 Å². The molecule has 1 atom stereocenters. The number of amides is 1. The first-order valence-corrected chi connectivity index (χ1v) is 14.7. The van der Waals surface area contributed by atoms with Gasteiger partial charge in [0.05, 0.1) is 24.0 Å². The van der Waals surface area contributed by atoms with Crippen LogP contribution in [0.3, 0.4) is 0 Å². The highest BCUT2D eigenvalue weighted by Gasteiger charge is 2.31. The number of hydrogen-bond acceptors (Lipinski definition) is 9. The van der Waals surface area contributed by atoms with Crippen LogP contribution < -0.4 is 4.90 Å². The standard InChI is InChI=1S/C28H41N5O4S/c1-6-31-13-15-32(16-14-31)24-17-23(28(3,4)5)29-27(30-24)38-19-21-10-11-22(37-21)25(34)33-12-8-9-20(18-33)26(35)36-7-2/h10-11,17,20H,6-9,12-16,18-19H2,1-5H3. The van der Waals surface area contributed by atoms with Gasteiger partial charge in [0.15, 0.2) is 10.9 Å². The zero-order chi connectivity index (χ0) is 27.3. The summed E-state index contributed by atoms with van der Waals surface area (Å²) in [4.78, 5) is 41.5. The molecule has 208 valence electrons. The fraction of sp³-hybridized carbons (Fsp3) is 0.643. The predicted molar refractivity (Wildman–Crippen MR) is 149 cm³/mol. The molecular weight excluding hydrogens is 502 g/mol. The SMILES string of the molecule is CCOC(=O)C1CCCN(C(=O)c2ccc(CSc3nc(N4CCN(CC)CC4)cc(C(C)(C)C)n3)o2)C1. The number of aromatic nitrogens is 2. The van der Waals surface area contributed by atoms with Crippen molar-refractivity contribution in [1.82, 2.24) is 19.8 Å². The highest BCUT2D eigenvalue weighted by atomic mass is 32.2. The van der Waals surface area contributed by atoms with Gasteiger partial charge in [-0.25, -0.2) is 9.97 Å². The molecule has 2 saturated heterocycles. The summed E-state index contributed by atoms with van der Waals surface area (Å²) in [6.07, 6.45) is 1.52. The molecule has 38 heavy (non-hydrogen) atoms. The van der Waals surface area contributed by atoms with Crippen molar-refractivity contribution in [2.45, 2.75) is 63.8 Å². The number of anilines is 1. The number of carbonyl (C=O) groups is 2. The Kier molecular flexibility index (Phi) is 9.36. The Morgan fingerprint density at radius 2 is 1.87 bits per heavy atom. The quantitative estimate of drug-likeness (QED) is 0.276. The van der Waals surface area contributed by atoms with Crippen LogP contribution in [0.25, 0.3) is 0 Å². The minimum absolute atomic E-state index is 0.0988. The van der Waals surface area contributed by atoms with Crippen LogP contribution >= 0.6 is 11.8 Å². The number of piperidine rings is 1. The highest BCUT2D eigenvalue weighted by Crippen LogP contribution is 2.29. The molecule has 0 N–H and O–H groups in total. The molecule has 0 radical (unpaired) electrons. The number of likely N-dealkylation sites (tertiary alicyclic amines) is 1. The molecule has 4 rings (SSSR count). The van der Waals surface area contributed by atoms with Crippen molar-refractivity contribution in [3.8, 4) is 0 Å². The summed E-state index contributed by atoms with van der Waals surface area (Å²) in [5.74, 6) is 1.79. The fourth-order valence-corrected chi connectivity index (χ4v) is 5.54. The normalized spacial score (nSPS) is 19.0. The van der Waals surface area contributed by atoms with Crippen LogP contribution in [0.4, 0.5) is 5.82 Å². The van der Waals surface area contributed by atoms with Crippen molar-refractivity contribution < 1.29 is 18.7 Å². The summed E-state index contributed by atoms with van der Waals surface area (Å²) in [5.41, 5.74) is 0.915. The summed E-state index contributed by atoms with van der Waals surface area (Å²) < 4.78 is 11.1. The van der Waals surface area contributed by atoms with Crippen LogP contribution in [0.15, 0.2) is 27.8 Å². The van der Waals surface area contributed by atoms with Crippen LogP contribution in [0.5, 0.6) is 0 Å². The van der Waals surface area contributed by atoms with Crippen molar-refractivity contribution in [3.63, 3.8) is 0 Å². The van der Waals surface area contributed by atoms with E-state index >= 15 is 0 Å². The Morgan fingerprint density at radius 3 is 2.55 bits per heavy atom. The van der Waals surface area contributed by atoms with Crippen molar-refractivity contribution in [2.75, 3.05) is 57.3 Å². The van der Waals surface area contributed by atoms with Gasteiger partial charge < -0.3 is 23.9 Å². The van der Waals surface area contributed by atoms with E-state index < -0.39 is 0 Å². The van der Waals surface area contributed by atoms with Crippen molar-refractivity contribution in [2.24, 2.45) is 5.92 Å². The molecule has 1 amide bonds. The van der Waals surface area contributed by atoms with Crippen LogP contribution in [0, 0.1) is 5.92 Å². The van der Waals surface area contributed by atoms with Gasteiger partial charge in [0.1, 0.15) is 11.6 Å². The average molecular weight is 544 g/mol. The lowest BCUT2D eigenvalue weighted by Crippen LogP contribution is -2.46.